The van der Waals surface area contributed by atoms with Crippen LogP contribution in [0.1, 0.15) is 51.4 Å². The molecular formula is C16H26N2O2S. The van der Waals surface area contributed by atoms with E-state index >= 15 is 0 Å². The monoisotopic (exact) mass is 310 g/mol. The number of fused-ring (bicyclic) bond motifs is 1. The minimum absolute atomic E-state index is 0.121. The van der Waals surface area contributed by atoms with Crippen LogP contribution in [0.3, 0.4) is 0 Å². The number of hydrogen-bond donors (Lipinski definition) is 1. The number of nitrogens with zero attached hydrogens (tertiary/aromatic N) is 2. The molecule has 5 heteroatoms. The molecule has 118 valence electrons. The summed E-state index contributed by atoms with van der Waals surface area (Å²) in [5.74, 6) is 1.14. The first-order chi connectivity index (χ1) is 10.2. The molecule has 4 nitrogen and oxygen atoms in total. The van der Waals surface area contributed by atoms with E-state index in [9.17, 15) is 9.59 Å². The van der Waals surface area contributed by atoms with Crippen molar-refractivity contribution in [1.29, 1.82) is 0 Å². The highest BCUT2D eigenvalue weighted by atomic mass is 32.1. The Hall–Kier alpha value is -0.710. The fourth-order valence-corrected chi connectivity index (χ4v) is 4.66. The maximum atomic E-state index is 12.7. The average molecular weight is 310 g/mol. The van der Waals surface area contributed by atoms with E-state index in [1.165, 1.54) is 25.7 Å². The number of thiol groups is 1. The molecule has 0 aromatic carbocycles. The SMILES string of the molecule is O=C1C2CCCN2C(=O)CN1CC1(CS)CCCCCC1. The van der Waals surface area contributed by atoms with Crippen molar-refractivity contribution in [2.45, 2.75) is 57.4 Å². The van der Waals surface area contributed by atoms with Crippen molar-refractivity contribution in [2.75, 3.05) is 25.4 Å². The minimum atomic E-state index is -0.172. The normalized spacial score (nSPS) is 29.5. The number of carbonyl (C=O) groups excluding carboxylic acids is 2. The zero-order valence-electron chi connectivity index (χ0n) is 12.7. The van der Waals surface area contributed by atoms with E-state index in [1.54, 1.807) is 4.90 Å². The maximum absolute atomic E-state index is 12.7. The molecule has 3 aliphatic rings. The molecule has 0 radical (unpaired) electrons. The van der Waals surface area contributed by atoms with Crippen LogP contribution in [0.2, 0.25) is 0 Å². The molecule has 0 aromatic heterocycles. The van der Waals surface area contributed by atoms with Crippen molar-refractivity contribution >= 4 is 24.4 Å². The zero-order chi connectivity index (χ0) is 14.9. The van der Waals surface area contributed by atoms with E-state index in [-0.39, 0.29) is 29.8 Å². The van der Waals surface area contributed by atoms with Gasteiger partial charge in [0.05, 0.1) is 6.54 Å². The van der Waals surface area contributed by atoms with Gasteiger partial charge < -0.3 is 9.80 Å². The fourth-order valence-electron chi connectivity index (χ4n) is 4.25. The summed E-state index contributed by atoms with van der Waals surface area (Å²) in [5.41, 5.74) is 0.121. The summed E-state index contributed by atoms with van der Waals surface area (Å²) in [4.78, 5) is 28.6. The first kappa shape index (κ1) is 15.2. The quantitative estimate of drug-likeness (QED) is 0.640. The number of hydrogen-bond acceptors (Lipinski definition) is 3. The van der Waals surface area contributed by atoms with Crippen LogP contribution in [0, 0.1) is 5.41 Å². The first-order valence-corrected chi connectivity index (χ1v) is 8.98. The Morgan fingerprint density at radius 3 is 2.48 bits per heavy atom. The Labute approximate surface area is 132 Å². The predicted octanol–water partition coefficient (Wildman–Crippen LogP) is 2.09. The van der Waals surface area contributed by atoms with Gasteiger partial charge in [0, 0.05) is 13.1 Å². The summed E-state index contributed by atoms with van der Waals surface area (Å²) in [5, 5.41) is 0. The molecule has 0 bridgehead atoms. The molecule has 0 spiro atoms. The van der Waals surface area contributed by atoms with Gasteiger partial charge in [-0.3, -0.25) is 9.59 Å². The second-order valence-electron chi connectivity index (χ2n) is 7.01. The van der Waals surface area contributed by atoms with Crippen molar-refractivity contribution in [3.63, 3.8) is 0 Å². The Balaban J connectivity index is 1.73. The summed E-state index contributed by atoms with van der Waals surface area (Å²) in [6.45, 7) is 1.77. The Morgan fingerprint density at radius 2 is 1.81 bits per heavy atom. The lowest BCUT2D eigenvalue weighted by atomic mass is 9.81. The molecule has 1 aliphatic carbocycles. The number of piperazine rings is 1. The third kappa shape index (κ3) is 2.94. The standard InChI is InChI=1S/C16H26N2O2S/c19-14-10-17(15(20)13-6-5-9-18(13)14)11-16(12-21)7-3-1-2-4-8-16/h13,21H,1-12H2. The molecule has 0 aromatic rings. The highest BCUT2D eigenvalue weighted by Gasteiger charge is 2.44. The van der Waals surface area contributed by atoms with E-state index < -0.39 is 0 Å². The van der Waals surface area contributed by atoms with Gasteiger partial charge in [0.15, 0.2) is 0 Å². The van der Waals surface area contributed by atoms with Gasteiger partial charge in [0.1, 0.15) is 6.04 Å². The van der Waals surface area contributed by atoms with Gasteiger partial charge in [-0.25, -0.2) is 0 Å². The lowest BCUT2D eigenvalue weighted by molar-refractivity contribution is -0.155. The summed E-state index contributed by atoms with van der Waals surface area (Å²) >= 11 is 4.59. The fraction of sp³-hybridized carbons (Fsp3) is 0.875. The maximum Gasteiger partial charge on any atom is 0.245 e. The zero-order valence-corrected chi connectivity index (χ0v) is 13.6. The topological polar surface area (TPSA) is 40.6 Å². The molecule has 2 amide bonds. The molecular weight excluding hydrogens is 284 g/mol. The molecule has 2 saturated heterocycles. The van der Waals surface area contributed by atoms with Gasteiger partial charge in [-0.1, -0.05) is 25.7 Å². The van der Waals surface area contributed by atoms with Crippen LogP contribution in [0.25, 0.3) is 0 Å². The second-order valence-corrected chi connectivity index (χ2v) is 7.33. The Kier molecular flexibility index (Phi) is 4.48. The minimum Gasteiger partial charge on any atom is -0.331 e. The summed E-state index contributed by atoms with van der Waals surface area (Å²) in [6.07, 6.45) is 9.13. The van der Waals surface area contributed by atoms with E-state index in [1.807, 2.05) is 4.90 Å². The van der Waals surface area contributed by atoms with Crippen LogP contribution < -0.4 is 0 Å². The molecule has 3 rings (SSSR count). The predicted molar refractivity (Wildman–Crippen MR) is 85.3 cm³/mol. The summed E-state index contributed by atoms with van der Waals surface area (Å²) in [7, 11) is 0. The van der Waals surface area contributed by atoms with Gasteiger partial charge in [0.25, 0.3) is 0 Å². The van der Waals surface area contributed by atoms with Crippen LogP contribution in [0.4, 0.5) is 0 Å². The highest BCUT2D eigenvalue weighted by molar-refractivity contribution is 7.80. The van der Waals surface area contributed by atoms with Crippen LogP contribution in [-0.4, -0.2) is 53.0 Å². The second kappa shape index (κ2) is 6.19. The third-order valence-electron chi connectivity index (χ3n) is 5.52. The van der Waals surface area contributed by atoms with Crippen molar-refractivity contribution in [1.82, 2.24) is 9.80 Å². The van der Waals surface area contributed by atoms with Crippen molar-refractivity contribution < 1.29 is 9.59 Å². The first-order valence-electron chi connectivity index (χ1n) is 8.34. The highest BCUT2D eigenvalue weighted by Crippen LogP contribution is 2.38. The molecule has 21 heavy (non-hydrogen) atoms. The van der Waals surface area contributed by atoms with E-state index in [0.717, 1.165) is 44.5 Å². The van der Waals surface area contributed by atoms with Crippen molar-refractivity contribution in [3.05, 3.63) is 0 Å². The van der Waals surface area contributed by atoms with E-state index in [0.29, 0.717) is 0 Å². The molecule has 2 heterocycles. The number of rotatable bonds is 3. The molecule has 1 atom stereocenters. The number of amides is 2. The van der Waals surface area contributed by atoms with E-state index in [4.69, 9.17) is 0 Å². The largest absolute Gasteiger partial charge is 0.331 e. The van der Waals surface area contributed by atoms with Crippen LogP contribution in [0.15, 0.2) is 0 Å². The lowest BCUT2D eigenvalue weighted by Gasteiger charge is -2.42. The lowest BCUT2D eigenvalue weighted by Crippen LogP contribution is -2.59. The Morgan fingerprint density at radius 1 is 1.10 bits per heavy atom. The molecule has 1 saturated carbocycles. The van der Waals surface area contributed by atoms with Crippen LogP contribution in [-0.2, 0) is 9.59 Å². The van der Waals surface area contributed by atoms with Gasteiger partial charge in [0.2, 0.25) is 11.8 Å². The van der Waals surface area contributed by atoms with Gasteiger partial charge in [-0.2, -0.15) is 12.6 Å². The number of carbonyl (C=O) groups is 2. The van der Waals surface area contributed by atoms with Crippen LogP contribution in [0.5, 0.6) is 0 Å². The van der Waals surface area contributed by atoms with E-state index in [2.05, 4.69) is 12.6 Å². The smallest absolute Gasteiger partial charge is 0.245 e. The Bertz CT molecular complexity index is 419. The average Bonchev–Trinajstić information content (AvgIpc) is 2.87. The van der Waals surface area contributed by atoms with Gasteiger partial charge in [-0.15, -0.1) is 0 Å². The molecule has 0 N–H and O–H groups in total. The van der Waals surface area contributed by atoms with Gasteiger partial charge >= 0.3 is 0 Å². The summed E-state index contributed by atoms with van der Waals surface area (Å²) in [6, 6.07) is -0.172. The van der Waals surface area contributed by atoms with Gasteiger partial charge in [-0.05, 0) is 36.9 Å². The van der Waals surface area contributed by atoms with Crippen molar-refractivity contribution in [2.24, 2.45) is 5.41 Å². The third-order valence-corrected chi connectivity index (χ3v) is 6.19. The molecule has 1 unspecified atom stereocenters. The molecule has 3 fully saturated rings. The summed E-state index contributed by atoms with van der Waals surface area (Å²) < 4.78 is 0. The molecule has 2 aliphatic heterocycles. The van der Waals surface area contributed by atoms with Crippen molar-refractivity contribution in [3.8, 4) is 0 Å². The van der Waals surface area contributed by atoms with Crippen LogP contribution >= 0.6 is 12.6 Å².